The lowest BCUT2D eigenvalue weighted by Gasteiger charge is -2.13. The second kappa shape index (κ2) is 12.4. The van der Waals surface area contributed by atoms with Crippen molar-refractivity contribution < 1.29 is 14.7 Å². The molecule has 2 N–H and O–H groups in total. The van der Waals surface area contributed by atoms with Crippen molar-refractivity contribution in [2.45, 2.75) is 51.1 Å². The topological polar surface area (TPSA) is 97.1 Å². The molecule has 0 bridgehead atoms. The number of phenols is 1. The number of aromatic hydroxyl groups is 1. The van der Waals surface area contributed by atoms with Gasteiger partial charge in [-0.05, 0) is 37.3 Å². The molecule has 0 radical (unpaired) electrons. The number of phenolic OH excluding ortho intramolecular Hbond substituents is 1. The van der Waals surface area contributed by atoms with Gasteiger partial charge in [-0.1, -0.05) is 56.0 Å². The van der Waals surface area contributed by atoms with E-state index >= 15 is 0 Å². The molecule has 1 aliphatic rings. The van der Waals surface area contributed by atoms with Crippen LogP contribution < -0.4 is 5.32 Å². The lowest BCUT2D eigenvalue weighted by molar-refractivity contribution is -0.121. The van der Waals surface area contributed by atoms with Crippen LogP contribution in [0.3, 0.4) is 0 Å². The number of hydrogen-bond donors (Lipinski definition) is 2. The number of amides is 1. The van der Waals surface area contributed by atoms with E-state index in [0.29, 0.717) is 36.2 Å². The van der Waals surface area contributed by atoms with Crippen molar-refractivity contribution in [3.8, 4) is 11.4 Å². The molecule has 1 amide bonds. The molecule has 8 heteroatoms. The van der Waals surface area contributed by atoms with Crippen LogP contribution in [0.2, 0.25) is 0 Å². The van der Waals surface area contributed by atoms with E-state index in [9.17, 15) is 14.7 Å². The molecule has 0 spiro atoms. The lowest BCUT2D eigenvalue weighted by Crippen LogP contribution is -2.26. The quantitative estimate of drug-likeness (QED) is 0.357. The van der Waals surface area contributed by atoms with Crippen molar-refractivity contribution in [2.75, 3.05) is 12.3 Å². The Morgan fingerprint density at radius 3 is 2.82 bits per heavy atom. The maximum Gasteiger partial charge on any atom is 0.220 e. The third kappa shape index (κ3) is 7.60. The van der Waals surface area contributed by atoms with Gasteiger partial charge in [-0.15, -0.1) is 10.2 Å². The number of carbonyl (C=O) groups is 2. The van der Waals surface area contributed by atoms with E-state index in [1.165, 1.54) is 11.8 Å². The van der Waals surface area contributed by atoms with Gasteiger partial charge in [0.1, 0.15) is 17.4 Å². The first-order chi connectivity index (χ1) is 15.9. The molecule has 0 saturated heterocycles. The zero-order chi connectivity index (χ0) is 23.6. The Labute approximate surface area is 199 Å². The normalized spacial score (nSPS) is 15.2. The fourth-order valence-electron chi connectivity index (χ4n) is 3.48. The van der Waals surface area contributed by atoms with Gasteiger partial charge in [0, 0.05) is 31.4 Å². The first kappa shape index (κ1) is 24.8. The number of hydrogen-bond acceptors (Lipinski definition) is 6. The highest BCUT2D eigenvalue weighted by Crippen LogP contribution is 2.26. The zero-order valence-corrected chi connectivity index (χ0v) is 20.1. The van der Waals surface area contributed by atoms with Gasteiger partial charge in [-0.2, -0.15) is 0 Å². The van der Waals surface area contributed by atoms with E-state index in [4.69, 9.17) is 0 Å². The van der Waals surface area contributed by atoms with E-state index in [1.54, 1.807) is 18.2 Å². The Kier molecular flexibility index (Phi) is 9.30. The van der Waals surface area contributed by atoms with Crippen LogP contribution in [0.4, 0.5) is 0 Å². The molecule has 1 heterocycles. The van der Waals surface area contributed by atoms with Crippen molar-refractivity contribution >= 4 is 23.5 Å². The largest absolute Gasteiger partial charge is 0.508 e. The Morgan fingerprint density at radius 1 is 1.24 bits per heavy atom. The van der Waals surface area contributed by atoms with Crippen molar-refractivity contribution in [3.63, 3.8) is 0 Å². The summed E-state index contributed by atoms with van der Waals surface area (Å²) < 4.78 is 1.90. The summed E-state index contributed by atoms with van der Waals surface area (Å²) in [6.45, 7) is 4.83. The Hall–Kier alpha value is -2.87. The maximum absolute atomic E-state index is 12.6. The van der Waals surface area contributed by atoms with Gasteiger partial charge in [0.2, 0.25) is 5.91 Å². The number of benzene rings is 1. The van der Waals surface area contributed by atoms with Crippen molar-refractivity contribution in [2.24, 2.45) is 11.8 Å². The number of Topliss-reactive ketones (excluding diaryl/α,β-unsaturated/α-hetero) is 1. The summed E-state index contributed by atoms with van der Waals surface area (Å²) in [5.74, 6) is 1.76. The standard InChI is InChI=1S/C25H32N4O3S/c1-18(2)16-26-24(32)14-7-6-13-23-27-28-25(29(23)20-11-8-12-21(30)15-20)33-17-22(31)19-9-4-3-5-10-19/h3-5,8-9,11-12,15,18-19,30H,6-7,10,13-14,16-17H2,1-2H3,(H,26,32). The van der Waals surface area contributed by atoms with E-state index in [1.807, 2.05) is 34.9 Å². The summed E-state index contributed by atoms with van der Waals surface area (Å²) in [5.41, 5.74) is 0.750. The SMILES string of the molecule is CC(C)CNC(=O)CCCCc1nnc(SCC(=O)C2C=CC=CC2)n1-c1cccc(O)c1. The number of ketones is 1. The summed E-state index contributed by atoms with van der Waals surface area (Å²) in [6.07, 6.45) is 11.2. The van der Waals surface area contributed by atoms with Gasteiger partial charge in [0.05, 0.1) is 11.4 Å². The van der Waals surface area contributed by atoms with E-state index < -0.39 is 0 Å². The minimum Gasteiger partial charge on any atom is -0.508 e. The van der Waals surface area contributed by atoms with Crippen LogP contribution in [0.5, 0.6) is 5.75 Å². The molecule has 1 atom stereocenters. The number of aryl methyl sites for hydroxylation is 1. The summed E-state index contributed by atoms with van der Waals surface area (Å²) in [6, 6.07) is 6.92. The number of unbranched alkanes of at least 4 members (excludes halogenated alkanes) is 1. The van der Waals surface area contributed by atoms with Crippen LogP contribution in [0, 0.1) is 11.8 Å². The summed E-state index contributed by atoms with van der Waals surface area (Å²) in [4.78, 5) is 24.6. The predicted octanol–water partition coefficient (Wildman–Crippen LogP) is 4.25. The smallest absolute Gasteiger partial charge is 0.220 e. The molecule has 33 heavy (non-hydrogen) atoms. The molecule has 0 saturated carbocycles. The number of nitrogens with one attached hydrogen (secondary N) is 1. The predicted molar refractivity (Wildman–Crippen MR) is 131 cm³/mol. The Bertz CT molecular complexity index is 1010. The first-order valence-electron chi connectivity index (χ1n) is 11.4. The van der Waals surface area contributed by atoms with Crippen LogP contribution in [-0.4, -0.2) is 43.9 Å². The number of rotatable bonds is 12. The number of nitrogens with zero attached hydrogens (tertiary/aromatic N) is 3. The second-order valence-corrected chi connectivity index (χ2v) is 9.51. The Balaban J connectivity index is 1.64. The van der Waals surface area contributed by atoms with Crippen LogP contribution in [-0.2, 0) is 16.0 Å². The van der Waals surface area contributed by atoms with E-state index in [2.05, 4.69) is 29.4 Å². The average Bonchev–Trinajstić information content (AvgIpc) is 3.22. The molecule has 3 rings (SSSR count). The molecular formula is C25H32N4O3S. The van der Waals surface area contributed by atoms with Gasteiger partial charge in [0.15, 0.2) is 5.16 Å². The van der Waals surface area contributed by atoms with Crippen molar-refractivity contribution in [3.05, 3.63) is 54.4 Å². The summed E-state index contributed by atoms with van der Waals surface area (Å²) >= 11 is 1.36. The highest BCUT2D eigenvalue weighted by Gasteiger charge is 2.20. The van der Waals surface area contributed by atoms with Crippen molar-refractivity contribution in [1.29, 1.82) is 0 Å². The number of carbonyl (C=O) groups excluding carboxylic acids is 2. The maximum atomic E-state index is 12.6. The number of allylic oxidation sites excluding steroid dienone is 4. The molecular weight excluding hydrogens is 436 g/mol. The highest BCUT2D eigenvalue weighted by molar-refractivity contribution is 7.99. The van der Waals surface area contributed by atoms with E-state index in [-0.39, 0.29) is 23.4 Å². The number of thioether (sulfide) groups is 1. The molecule has 1 aromatic heterocycles. The molecule has 0 aliphatic heterocycles. The molecule has 2 aromatic rings. The first-order valence-corrected chi connectivity index (χ1v) is 12.4. The average molecular weight is 469 g/mol. The van der Waals surface area contributed by atoms with Gasteiger partial charge < -0.3 is 10.4 Å². The number of aromatic nitrogens is 3. The minimum atomic E-state index is -0.0963. The van der Waals surface area contributed by atoms with E-state index in [0.717, 1.165) is 30.8 Å². The molecule has 1 aromatic carbocycles. The van der Waals surface area contributed by atoms with Gasteiger partial charge in [-0.25, -0.2) is 0 Å². The lowest BCUT2D eigenvalue weighted by atomic mass is 9.97. The molecule has 176 valence electrons. The molecule has 1 aliphatic carbocycles. The third-order valence-electron chi connectivity index (χ3n) is 5.29. The molecule has 1 unspecified atom stereocenters. The summed E-state index contributed by atoms with van der Waals surface area (Å²) in [7, 11) is 0. The van der Waals surface area contributed by atoms with Gasteiger partial charge in [-0.3, -0.25) is 14.2 Å². The fourth-order valence-corrected chi connectivity index (χ4v) is 4.41. The molecule has 7 nitrogen and oxygen atoms in total. The van der Waals surface area contributed by atoms with Crippen molar-refractivity contribution in [1.82, 2.24) is 20.1 Å². The Morgan fingerprint density at radius 2 is 2.09 bits per heavy atom. The minimum absolute atomic E-state index is 0.0690. The molecule has 0 fully saturated rings. The van der Waals surface area contributed by atoms with Crippen LogP contribution in [0.15, 0.2) is 53.7 Å². The monoisotopic (exact) mass is 468 g/mol. The fraction of sp³-hybridized carbons (Fsp3) is 0.440. The van der Waals surface area contributed by atoms with Gasteiger partial charge in [0.25, 0.3) is 0 Å². The highest BCUT2D eigenvalue weighted by atomic mass is 32.2. The third-order valence-corrected chi connectivity index (χ3v) is 6.24. The summed E-state index contributed by atoms with van der Waals surface area (Å²) in [5, 5.41) is 22.2. The zero-order valence-electron chi connectivity index (χ0n) is 19.2. The van der Waals surface area contributed by atoms with Crippen LogP contribution in [0.25, 0.3) is 5.69 Å². The van der Waals surface area contributed by atoms with Gasteiger partial charge >= 0.3 is 0 Å². The second-order valence-electron chi connectivity index (χ2n) is 8.57. The van der Waals surface area contributed by atoms with Crippen LogP contribution >= 0.6 is 11.8 Å². The van der Waals surface area contributed by atoms with Crippen LogP contribution in [0.1, 0.15) is 45.4 Å².